The normalized spacial score (nSPS) is 17.9. The molecule has 2 heterocycles. The van der Waals surface area contributed by atoms with Crippen LogP contribution in [0, 0.1) is 0 Å². The van der Waals surface area contributed by atoms with E-state index < -0.39 is 0 Å². The number of H-pyrrole nitrogens is 1. The number of benzene rings is 2. The third-order valence-corrected chi connectivity index (χ3v) is 5.42. The highest BCUT2D eigenvalue weighted by Crippen LogP contribution is 2.34. The second kappa shape index (κ2) is 5.98. The Balaban J connectivity index is 1.56. The largest absolute Gasteiger partial charge is 0.333 e. The van der Waals surface area contributed by atoms with Gasteiger partial charge in [0.05, 0.1) is 16.3 Å². The van der Waals surface area contributed by atoms with Crippen LogP contribution >= 0.6 is 11.8 Å². The van der Waals surface area contributed by atoms with E-state index in [9.17, 15) is 4.79 Å². The van der Waals surface area contributed by atoms with Gasteiger partial charge in [0, 0.05) is 11.7 Å². The SMILES string of the molecule is C[C@H](Sc1nc2ccccc2[nH]1)C(=O)N1c2ccccc2C[C@H]1C. The minimum absolute atomic E-state index is 0.137. The fourth-order valence-corrected chi connectivity index (χ4v) is 4.17. The second-order valence-corrected chi connectivity index (χ2v) is 7.54. The lowest BCUT2D eigenvalue weighted by atomic mass is 10.1. The minimum Gasteiger partial charge on any atom is -0.333 e. The lowest BCUT2D eigenvalue weighted by molar-refractivity contribution is -0.118. The molecule has 0 bridgehead atoms. The van der Waals surface area contributed by atoms with Crippen LogP contribution in [0.4, 0.5) is 5.69 Å². The van der Waals surface area contributed by atoms with Crippen molar-refractivity contribution in [1.82, 2.24) is 9.97 Å². The molecule has 0 radical (unpaired) electrons. The van der Waals surface area contributed by atoms with E-state index in [1.165, 1.54) is 17.3 Å². The number of carbonyl (C=O) groups is 1. The van der Waals surface area contributed by atoms with Gasteiger partial charge in [-0.1, -0.05) is 42.1 Å². The second-order valence-electron chi connectivity index (χ2n) is 6.21. The number of nitrogens with zero attached hydrogens (tertiary/aromatic N) is 2. The van der Waals surface area contributed by atoms with Crippen LogP contribution in [0.15, 0.2) is 53.7 Å². The number of rotatable bonds is 3. The number of carbonyl (C=O) groups excluding carboxylic acids is 1. The van der Waals surface area contributed by atoms with Crippen molar-refractivity contribution in [3.63, 3.8) is 0 Å². The summed E-state index contributed by atoms with van der Waals surface area (Å²) in [6.07, 6.45) is 0.921. The van der Waals surface area contributed by atoms with E-state index in [0.717, 1.165) is 28.3 Å². The van der Waals surface area contributed by atoms with E-state index in [1.54, 1.807) is 0 Å². The van der Waals surface area contributed by atoms with Gasteiger partial charge in [0.1, 0.15) is 0 Å². The van der Waals surface area contributed by atoms with Gasteiger partial charge in [-0.05, 0) is 44.0 Å². The van der Waals surface area contributed by atoms with Crippen LogP contribution in [0.3, 0.4) is 0 Å². The number of aromatic nitrogens is 2. The zero-order chi connectivity index (χ0) is 16.7. The molecule has 0 spiro atoms. The fraction of sp³-hybridized carbons (Fsp3) is 0.263. The predicted octanol–water partition coefficient (Wildman–Crippen LogP) is 4.02. The first kappa shape index (κ1) is 15.3. The Morgan fingerprint density at radius 3 is 2.83 bits per heavy atom. The molecule has 2 aromatic carbocycles. The first-order valence-electron chi connectivity index (χ1n) is 8.16. The van der Waals surface area contributed by atoms with Gasteiger partial charge in [0.15, 0.2) is 5.16 Å². The third kappa shape index (κ3) is 2.59. The molecule has 0 saturated carbocycles. The molecule has 1 amide bonds. The Morgan fingerprint density at radius 1 is 1.25 bits per heavy atom. The lowest BCUT2D eigenvalue weighted by Crippen LogP contribution is -2.40. The summed E-state index contributed by atoms with van der Waals surface area (Å²) in [6, 6.07) is 16.3. The molecule has 1 aliphatic heterocycles. The topological polar surface area (TPSA) is 49.0 Å². The highest BCUT2D eigenvalue weighted by atomic mass is 32.2. The molecular weight excluding hydrogens is 318 g/mol. The van der Waals surface area contributed by atoms with Crippen LogP contribution in [-0.4, -0.2) is 27.2 Å². The third-order valence-electron chi connectivity index (χ3n) is 4.45. The van der Waals surface area contributed by atoms with Crippen molar-refractivity contribution in [2.24, 2.45) is 0 Å². The highest BCUT2D eigenvalue weighted by molar-refractivity contribution is 8.00. The quantitative estimate of drug-likeness (QED) is 0.734. The Morgan fingerprint density at radius 2 is 2.00 bits per heavy atom. The Bertz CT molecular complexity index is 871. The van der Waals surface area contributed by atoms with Gasteiger partial charge >= 0.3 is 0 Å². The van der Waals surface area contributed by atoms with E-state index in [2.05, 4.69) is 23.0 Å². The first-order valence-corrected chi connectivity index (χ1v) is 9.04. The molecule has 1 aliphatic rings. The molecule has 5 heteroatoms. The molecule has 2 atom stereocenters. The molecule has 122 valence electrons. The summed E-state index contributed by atoms with van der Waals surface area (Å²) in [7, 11) is 0. The van der Waals surface area contributed by atoms with Gasteiger partial charge in [-0.2, -0.15) is 0 Å². The molecule has 0 fully saturated rings. The number of thioether (sulfide) groups is 1. The van der Waals surface area contributed by atoms with Crippen molar-refractivity contribution in [3.05, 3.63) is 54.1 Å². The summed E-state index contributed by atoms with van der Waals surface area (Å²) in [5, 5.41) is 0.594. The van der Waals surface area contributed by atoms with Crippen molar-refractivity contribution in [1.29, 1.82) is 0 Å². The number of amides is 1. The molecule has 1 N–H and O–H groups in total. The van der Waals surface area contributed by atoms with Gasteiger partial charge in [-0.25, -0.2) is 4.98 Å². The van der Waals surface area contributed by atoms with Crippen LogP contribution in [0.5, 0.6) is 0 Å². The summed E-state index contributed by atoms with van der Waals surface area (Å²) in [6.45, 7) is 4.06. The van der Waals surface area contributed by atoms with Gasteiger partial charge < -0.3 is 9.88 Å². The van der Waals surface area contributed by atoms with Gasteiger partial charge in [-0.3, -0.25) is 4.79 Å². The van der Waals surface area contributed by atoms with Crippen LogP contribution in [0.25, 0.3) is 11.0 Å². The molecule has 4 rings (SSSR count). The van der Waals surface area contributed by atoms with Crippen molar-refractivity contribution in [3.8, 4) is 0 Å². The van der Waals surface area contributed by atoms with E-state index >= 15 is 0 Å². The number of hydrogen-bond acceptors (Lipinski definition) is 3. The van der Waals surface area contributed by atoms with Crippen molar-refractivity contribution in [2.45, 2.75) is 36.7 Å². The van der Waals surface area contributed by atoms with E-state index in [0.29, 0.717) is 0 Å². The summed E-state index contributed by atoms with van der Waals surface area (Å²) in [5.74, 6) is 0.137. The fourth-order valence-electron chi connectivity index (χ4n) is 3.30. The molecule has 3 aromatic rings. The molecule has 0 saturated heterocycles. The average molecular weight is 337 g/mol. The standard InChI is InChI=1S/C19H19N3OS/c1-12-11-14-7-3-6-10-17(14)22(12)18(23)13(2)24-19-20-15-8-4-5-9-16(15)21-19/h3-10,12-13H,11H2,1-2H3,(H,20,21)/t12-,13+/m1/s1. The van der Waals surface area contributed by atoms with E-state index in [4.69, 9.17) is 0 Å². The molecule has 0 unspecified atom stereocenters. The molecule has 0 aliphatic carbocycles. The number of hydrogen-bond donors (Lipinski definition) is 1. The highest BCUT2D eigenvalue weighted by Gasteiger charge is 2.33. The van der Waals surface area contributed by atoms with Crippen LogP contribution in [-0.2, 0) is 11.2 Å². The van der Waals surface area contributed by atoms with Crippen molar-refractivity contribution >= 4 is 34.4 Å². The maximum Gasteiger partial charge on any atom is 0.240 e. The Hall–Kier alpha value is -2.27. The number of imidazole rings is 1. The van der Waals surface area contributed by atoms with Gasteiger partial charge in [-0.15, -0.1) is 0 Å². The van der Waals surface area contributed by atoms with Gasteiger partial charge in [0.2, 0.25) is 5.91 Å². The monoisotopic (exact) mass is 337 g/mol. The van der Waals surface area contributed by atoms with E-state index in [1.807, 2.05) is 54.3 Å². The summed E-state index contributed by atoms with van der Waals surface area (Å²) < 4.78 is 0. The lowest BCUT2D eigenvalue weighted by Gasteiger charge is -2.25. The summed E-state index contributed by atoms with van der Waals surface area (Å²) >= 11 is 1.48. The maximum atomic E-state index is 13.0. The zero-order valence-electron chi connectivity index (χ0n) is 13.7. The number of para-hydroxylation sites is 3. The average Bonchev–Trinajstić information content (AvgIpc) is 3.13. The molecule has 1 aromatic heterocycles. The molecule has 24 heavy (non-hydrogen) atoms. The summed E-state index contributed by atoms with van der Waals surface area (Å²) in [4.78, 5) is 22.8. The zero-order valence-corrected chi connectivity index (χ0v) is 14.5. The van der Waals surface area contributed by atoms with Crippen molar-refractivity contribution in [2.75, 3.05) is 4.90 Å². The maximum absolute atomic E-state index is 13.0. The van der Waals surface area contributed by atoms with E-state index in [-0.39, 0.29) is 17.2 Å². The number of anilines is 1. The summed E-state index contributed by atoms with van der Waals surface area (Å²) in [5.41, 5.74) is 4.23. The van der Waals surface area contributed by atoms with Crippen LogP contribution < -0.4 is 4.90 Å². The van der Waals surface area contributed by atoms with Crippen molar-refractivity contribution < 1.29 is 4.79 Å². The van der Waals surface area contributed by atoms with Crippen LogP contribution in [0.2, 0.25) is 0 Å². The Labute approximate surface area is 145 Å². The smallest absolute Gasteiger partial charge is 0.240 e. The molecule has 4 nitrogen and oxygen atoms in total. The predicted molar refractivity (Wildman–Crippen MR) is 98.5 cm³/mol. The number of nitrogens with one attached hydrogen (secondary N) is 1. The number of fused-ring (bicyclic) bond motifs is 2. The van der Waals surface area contributed by atoms with Crippen LogP contribution in [0.1, 0.15) is 19.4 Å². The first-order chi connectivity index (χ1) is 11.6. The minimum atomic E-state index is -0.195. The Kier molecular flexibility index (Phi) is 3.81. The van der Waals surface area contributed by atoms with Gasteiger partial charge in [0.25, 0.3) is 0 Å². The number of aromatic amines is 1. The molecular formula is C19H19N3OS.